The normalized spacial score (nSPS) is 19.2. The Morgan fingerprint density at radius 2 is 0.741 bits per heavy atom. The van der Waals surface area contributed by atoms with Crippen molar-refractivity contribution in [2.75, 3.05) is 86.0 Å². The molecule has 24 N–H and O–H groups in total. The molecule has 778 valence electrons. The second kappa shape index (κ2) is 60.6. The summed E-state index contributed by atoms with van der Waals surface area (Å²) in [7, 11) is 1.47. The van der Waals surface area contributed by atoms with Crippen molar-refractivity contribution < 1.29 is 178 Å². The van der Waals surface area contributed by atoms with Crippen molar-refractivity contribution in [3.05, 3.63) is 188 Å². The molecule has 47 heteroatoms. The molecule has 9 aliphatic rings. The summed E-state index contributed by atoms with van der Waals surface area (Å²) in [5.74, 6) is -7.51. The number of nitrogens with zero attached hydrogens (tertiary/aromatic N) is 3. The minimum Gasteiger partial charge on any atom is -0.504 e. The second-order valence-corrected chi connectivity index (χ2v) is 33.5. The molecule has 1 unspecified atom stereocenters. The van der Waals surface area contributed by atoms with Gasteiger partial charge in [0.25, 0.3) is 0 Å². The van der Waals surface area contributed by atoms with Gasteiger partial charge in [0.15, 0.2) is 69.3 Å². The van der Waals surface area contributed by atoms with Crippen LogP contribution in [0.2, 0.25) is 0 Å². The molecule has 0 radical (unpaired) electrons. The number of ketones is 10. The maximum atomic E-state index is 11.9. The van der Waals surface area contributed by atoms with E-state index in [1.165, 1.54) is 107 Å². The Balaban J connectivity index is 0.000000429. The van der Waals surface area contributed by atoms with E-state index in [1.54, 1.807) is 54.5 Å². The van der Waals surface area contributed by atoms with Crippen LogP contribution in [-0.2, 0) is 107 Å². The number of aryl methyl sites for hydroxylation is 1. The molecule has 2 saturated heterocycles. The largest absolute Gasteiger partial charge is 0.504 e. The number of carbonyl (C=O) groups is 21. The van der Waals surface area contributed by atoms with Crippen LogP contribution in [0.3, 0.4) is 0 Å². The van der Waals surface area contributed by atoms with Gasteiger partial charge in [-0.2, -0.15) is 0 Å². The number of aromatic hydroxyl groups is 2. The summed E-state index contributed by atoms with van der Waals surface area (Å²) in [5.41, 5.74) is 4.61. The number of benzene rings is 1. The highest BCUT2D eigenvalue weighted by Crippen LogP contribution is 2.28. The molecule has 0 bridgehead atoms. The van der Waals surface area contributed by atoms with Crippen LogP contribution in [0.25, 0.3) is 0 Å². The van der Waals surface area contributed by atoms with Crippen molar-refractivity contribution >= 4 is 123 Å². The van der Waals surface area contributed by atoms with Gasteiger partial charge in [-0.25, -0.2) is 0 Å². The van der Waals surface area contributed by atoms with Crippen LogP contribution in [0.5, 0.6) is 11.5 Å². The van der Waals surface area contributed by atoms with Crippen molar-refractivity contribution in [3.8, 4) is 11.5 Å². The lowest BCUT2D eigenvalue weighted by atomic mass is 9.85. The molecule has 0 saturated carbocycles. The number of likely N-dealkylation sites (N-methyl/N-ethyl adjacent to an activating group) is 1. The van der Waals surface area contributed by atoms with Gasteiger partial charge in [-0.3, -0.25) is 101 Å². The third kappa shape index (κ3) is 42.1. The summed E-state index contributed by atoms with van der Waals surface area (Å²) in [6, 6.07) is 4.56. The quantitative estimate of drug-likeness (QED) is 0.0177. The van der Waals surface area contributed by atoms with E-state index >= 15 is 0 Å². The lowest BCUT2D eigenvalue weighted by Gasteiger charge is -2.25. The third-order valence-corrected chi connectivity index (χ3v) is 21.6. The molecular weight excluding hydrogens is 1880 g/mol. The smallest absolute Gasteiger partial charge is 0.246 e. The number of allylic oxidation sites excluding steroid dienone is 24. The first kappa shape index (κ1) is 123. The lowest BCUT2D eigenvalue weighted by Crippen LogP contribution is -2.36. The fraction of sp³-hybridized carbons (Fsp3) is 0.427. The number of nitrogens with one attached hydrogen (secondary N) is 8. The molecule has 11 amide bonds. The van der Waals surface area contributed by atoms with Gasteiger partial charge in [0.05, 0.1) is 121 Å². The Hall–Kier alpha value is -14.5. The highest BCUT2D eigenvalue weighted by Gasteiger charge is 2.35. The van der Waals surface area contributed by atoms with Crippen LogP contribution >= 0.6 is 0 Å². The molecule has 0 aliphatic carbocycles. The predicted octanol–water partition coefficient (Wildman–Crippen LogP) is -5.42. The number of Topliss-reactive ketones (excluding diaryl/α,β-unsaturated/α-hetero) is 7. The van der Waals surface area contributed by atoms with Crippen molar-refractivity contribution in [2.45, 2.75) is 175 Å². The number of aliphatic hydroxyl groups is 12. The van der Waals surface area contributed by atoms with Crippen molar-refractivity contribution in [1.82, 2.24) is 57.2 Å². The van der Waals surface area contributed by atoms with Crippen LogP contribution in [0.4, 0.5) is 0 Å². The number of likely N-dealkylation sites (tertiary alicyclic amines) is 2. The zero-order chi connectivity index (χ0) is 107. The second-order valence-electron chi connectivity index (χ2n) is 33.5. The van der Waals surface area contributed by atoms with Crippen molar-refractivity contribution in [2.24, 2.45) is 5.41 Å². The van der Waals surface area contributed by atoms with Crippen LogP contribution < -0.4 is 42.5 Å². The molecule has 2 fully saturated rings. The number of aliphatic hydroxyl groups excluding tert-OH is 12. The average Bonchev–Trinajstić information content (AvgIpc) is 1.76. The van der Waals surface area contributed by atoms with Gasteiger partial charge in [-0.1, -0.05) is 6.07 Å². The number of amides is 11. The number of phenolic OH excluding ortho intramolecular Hbond substituents is 2. The van der Waals surface area contributed by atoms with Gasteiger partial charge in [0.2, 0.25) is 65.0 Å². The lowest BCUT2D eigenvalue weighted by molar-refractivity contribution is -0.128. The summed E-state index contributed by atoms with van der Waals surface area (Å²) in [6.45, 7) is 9.15. The van der Waals surface area contributed by atoms with Crippen molar-refractivity contribution in [1.29, 1.82) is 0 Å². The van der Waals surface area contributed by atoms with E-state index in [0.717, 1.165) is 17.7 Å². The Kier molecular flexibility index (Phi) is 52.0. The van der Waals surface area contributed by atoms with Crippen LogP contribution in [0, 0.1) is 5.41 Å². The predicted molar refractivity (Wildman–Crippen MR) is 502 cm³/mol. The molecule has 9 aliphatic heterocycles. The highest BCUT2D eigenvalue weighted by atomic mass is 16.3. The summed E-state index contributed by atoms with van der Waals surface area (Å²) in [4.78, 5) is 245. The summed E-state index contributed by atoms with van der Waals surface area (Å²) >= 11 is 0. The number of β-amino-alcohol motifs (C(OH)–C–C–N with tert-alkyl or cyclic N) is 3. The van der Waals surface area contributed by atoms with E-state index in [9.17, 15) is 131 Å². The molecule has 9 heterocycles. The molecule has 0 spiro atoms. The Bertz CT molecular complexity index is 5390. The van der Waals surface area contributed by atoms with E-state index in [4.69, 9.17) is 40.9 Å². The minimum atomic E-state index is -1.28. The minimum absolute atomic E-state index is 0. The number of phenols is 2. The van der Waals surface area contributed by atoms with Gasteiger partial charge in [-0.15, -0.1) is 0 Å². The Morgan fingerprint density at radius 1 is 0.420 bits per heavy atom. The summed E-state index contributed by atoms with van der Waals surface area (Å²) < 4.78 is 0. The molecular formula is C96H123N11O36. The van der Waals surface area contributed by atoms with E-state index in [0.29, 0.717) is 101 Å². The maximum absolute atomic E-state index is 11.9. The van der Waals surface area contributed by atoms with Gasteiger partial charge in [0, 0.05) is 174 Å². The highest BCUT2D eigenvalue weighted by molar-refractivity contribution is 6.17. The van der Waals surface area contributed by atoms with Crippen LogP contribution in [0.1, 0.15) is 138 Å². The average molecular weight is 2010 g/mol. The zero-order valence-electron chi connectivity index (χ0n) is 79.8. The maximum Gasteiger partial charge on any atom is 0.246 e. The fourth-order valence-corrected chi connectivity index (χ4v) is 13.6. The number of hydrogen-bond donors (Lipinski definition) is 22. The van der Waals surface area contributed by atoms with E-state index in [1.807, 2.05) is 0 Å². The van der Waals surface area contributed by atoms with Gasteiger partial charge >= 0.3 is 0 Å². The first-order valence-electron chi connectivity index (χ1n) is 44.3. The summed E-state index contributed by atoms with van der Waals surface area (Å²) in [6.07, 6.45) is 13.4. The molecule has 1 aromatic rings. The van der Waals surface area contributed by atoms with E-state index in [-0.39, 0.29) is 230 Å². The number of hydrogen-bond acceptors (Lipinski definition) is 35. The van der Waals surface area contributed by atoms with Crippen molar-refractivity contribution in [3.63, 3.8) is 0 Å². The summed E-state index contributed by atoms with van der Waals surface area (Å²) in [5, 5.41) is 147. The van der Waals surface area contributed by atoms with Crippen LogP contribution in [0.15, 0.2) is 182 Å². The molecule has 1 aromatic carbocycles. The Labute approximate surface area is 819 Å². The van der Waals surface area contributed by atoms with Gasteiger partial charge in [0.1, 0.15) is 0 Å². The van der Waals surface area contributed by atoms with E-state index in [2.05, 4.69) is 42.5 Å². The first-order valence-corrected chi connectivity index (χ1v) is 44.3. The monoisotopic (exact) mass is 2010 g/mol. The van der Waals surface area contributed by atoms with Gasteiger partial charge in [-0.05, 0) is 153 Å². The number of rotatable bonds is 33. The zero-order valence-corrected chi connectivity index (χ0v) is 79.8. The SMILES string of the molecule is CC1=C(/C=C/C(=O)CC(CO)(CO)CO)C(=O)CC(=O)N1.CC1=C(/C=C/C(=O)CCCc2ccc(O)c(O)c2)C(=O)CC(=O)N1.CC1=C(/C=C/C(=O)CC[C@H](O)CO)C(=O)CC(=O)N1.CC1=C(/C=C/C(=O)N(C)CC(O)CO)C(=O)CC(=O)N1.CC1=C(/C=C/C(=O)N2CC[C@@H](O)C2)C(=O)CC(=O)N1.CC1=C(/C=C/C(=O)N2C[C@@H](O)[C@@H](O)C2)C(=O)CC(=O)N1.CC1=C(/C=C/C(=O)NC[C@@H](O)CO)C(=O)CC(=O)N1.O. The Morgan fingerprint density at radius 3 is 1.06 bits per heavy atom. The molecule has 6 atom stereocenters. The van der Waals surface area contributed by atoms with Gasteiger partial charge < -0.3 is 134 Å². The van der Waals surface area contributed by atoms with Crippen LogP contribution in [-0.4, -0.2) is 337 Å². The standard InChI is InChI=1S/C18H19NO5.C14H19NO6.C13H16N2O5.C13H18N2O5.C13H16N2O4.C13H17NO5.C12H16N2O5.H2O/c1-11-14(16(22)10-18(24)19-11)7-6-13(20)4-2-3-12-5-8-15(21)17(23)9-12;1-9-11(12(20)4-13(21)15-9)3-2-10(19)5-14(6-16,7-17)8-18;1-7-8(9(16)4-12(19)14-7)2-3-13(20)15-5-10(17)11(18)6-15;1-8-10(11(18)5-12(19)14-8)3-4-13(20)15(2)6-9(17)7-16;1-8-10(11(17)6-12(18)14-8)2-3-13(19)15-5-4-9(16)7-15;1-8-11(12(18)6-13(19)14-8)5-4-9(16)2-3-10(17)7-15;1-7-9(10(17)4-12(19)14-7)2-3-11(18)13-5-8(16)6-15;/h5-9,21,23H,2-4,10H2,1H3,(H,19,24);2-3,16-18H,4-8H2,1H3,(H,15,21);2-3,10-11,17-18H,4-6H2,1H3,(H,14,19);3-4,9,16-17H,5-7H2,1-2H3,(H,14,19);2-3,9,16H,4-7H2,1H3,(H,14,18);4-5,10,15,17H,2-3,6-7H2,1H3,(H,14,19);2-3,8,15-16H,4-6H2,1H3,(H,13,18)(H,14,19);1H2/b7-6+;2*3-2+;4-3+;3-2+;5-4+;3-2+;/t;;10-,11+;;9-;10-;8-;/m....101./s1. The molecule has 47 nitrogen and oxygen atoms in total. The molecule has 10 rings (SSSR count). The first-order chi connectivity index (χ1) is 66.8. The topological polar surface area (TPSA) is 779 Å². The molecule has 143 heavy (non-hydrogen) atoms. The molecule has 0 aromatic heterocycles. The van der Waals surface area contributed by atoms with E-state index < -0.39 is 98.6 Å². The number of carbonyl (C=O) groups excluding carboxylic acids is 21. The third-order valence-electron chi connectivity index (χ3n) is 21.6. The fourth-order valence-electron chi connectivity index (χ4n) is 13.6.